The highest BCUT2D eigenvalue weighted by atomic mass is 16.5. The highest BCUT2D eigenvalue weighted by Gasteiger charge is 2.22. The second-order valence-corrected chi connectivity index (χ2v) is 8.24. The molecule has 164 valence electrons. The van der Waals surface area contributed by atoms with Crippen LogP contribution in [-0.2, 0) is 22.6 Å². The van der Waals surface area contributed by atoms with Crippen LogP contribution >= 0.6 is 0 Å². The largest absolute Gasteiger partial charge is 0.484 e. The number of nitrogens with zero attached hydrogens (tertiary/aromatic N) is 3. The van der Waals surface area contributed by atoms with E-state index in [4.69, 9.17) is 4.74 Å². The number of aryl methyl sites for hydroxylation is 1. The molecule has 1 fully saturated rings. The predicted octanol–water partition coefficient (Wildman–Crippen LogP) is 4.03. The molecule has 0 atom stereocenters. The lowest BCUT2D eigenvalue weighted by Gasteiger charge is -2.17. The van der Waals surface area contributed by atoms with Crippen molar-refractivity contribution in [1.82, 2.24) is 9.55 Å². The third-order valence-corrected chi connectivity index (χ3v) is 6.00. The molecule has 5 rings (SSSR count). The van der Waals surface area contributed by atoms with Crippen LogP contribution in [0.25, 0.3) is 11.4 Å². The van der Waals surface area contributed by atoms with E-state index in [1.165, 1.54) is 18.5 Å². The Balaban J connectivity index is 1.18. The number of amides is 2. The lowest BCUT2D eigenvalue weighted by Crippen LogP contribution is -2.24. The summed E-state index contributed by atoms with van der Waals surface area (Å²) < 4.78 is 7.94. The van der Waals surface area contributed by atoms with E-state index in [-0.39, 0.29) is 18.4 Å². The first-order chi connectivity index (χ1) is 15.7. The Morgan fingerprint density at radius 1 is 1.03 bits per heavy atom. The van der Waals surface area contributed by atoms with Gasteiger partial charge in [0.15, 0.2) is 6.61 Å². The molecule has 0 unspecified atom stereocenters. The third-order valence-electron chi connectivity index (χ3n) is 6.00. The molecule has 0 bridgehead atoms. The smallest absolute Gasteiger partial charge is 0.262 e. The summed E-state index contributed by atoms with van der Waals surface area (Å²) in [4.78, 5) is 30.7. The van der Waals surface area contributed by atoms with Crippen molar-refractivity contribution in [3.63, 3.8) is 0 Å². The SMILES string of the molecule is O=C(COc1cccc(N2CCCC2=O)c1)Nc1ccc(-c2ncc3n2CCCC3)cc1. The summed E-state index contributed by atoms with van der Waals surface area (Å²) >= 11 is 0. The monoisotopic (exact) mass is 430 g/mol. The zero-order valence-electron chi connectivity index (χ0n) is 17.9. The summed E-state index contributed by atoms with van der Waals surface area (Å²) in [5.41, 5.74) is 3.85. The lowest BCUT2D eigenvalue weighted by molar-refractivity contribution is -0.118. The van der Waals surface area contributed by atoms with E-state index in [0.717, 1.165) is 43.0 Å². The van der Waals surface area contributed by atoms with Crippen molar-refractivity contribution in [3.05, 3.63) is 60.4 Å². The van der Waals surface area contributed by atoms with Gasteiger partial charge in [-0.15, -0.1) is 0 Å². The molecule has 32 heavy (non-hydrogen) atoms. The maximum Gasteiger partial charge on any atom is 0.262 e. The Kier molecular flexibility index (Phi) is 5.62. The molecule has 0 aliphatic carbocycles. The summed E-state index contributed by atoms with van der Waals surface area (Å²) in [7, 11) is 0. The van der Waals surface area contributed by atoms with Gasteiger partial charge in [0, 0.05) is 54.4 Å². The number of benzene rings is 2. The van der Waals surface area contributed by atoms with Crippen molar-refractivity contribution in [2.24, 2.45) is 0 Å². The Bertz CT molecular complexity index is 1140. The zero-order chi connectivity index (χ0) is 21.9. The molecule has 0 saturated carbocycles. The molecule has 1 saturated heterocycles. The van der Waals surface area contributed by atoms with Gasteiger partial charge in [-0.05, 0) is 62.1 Å². The first-order valence-electron chi connectivity index (χ1n) is 11.2. The first kappa shape index (κ1) is 20.3. The molecule has 3 aromatic rings. The van der Waals surface area contributed by atoms with Crippen LogP contribution in [0.15, 0.2) is 54.7 Å². The molecule has 3 heterocycles. The molecule has 0 spiro atoms. The van der Waals surface area contributed by atoms with Gasteiger partial charge in [-0.25, -0.2) is 4.98 Å². The maximum absolute atomic E-state index is 12.4. The van der Waals surface area contributed by atoms with Gasteiger partial charge in [-0.1, -0.05) is 6.07 Å². The van der Waals surface area contributed by atoms with Crippen molar-refractivity contribution < 1.29 is 14.3 Å². The molecule has 1 N–H and O–H groups in total. The summed E-state index contributed by atoms with van der Waals surface area (Å²) in [5.74, 6) is 1.44. The summed E-state index contributed by atoms with van der Waals surface area (Å²) in [6, 6.07) is 15.0. The van der Waals surface area contributed by atoms with E-state index in [9.17, 15) is 9.59 Å². The van der Waals surface area contributed by atoms with Crippen LogP contribution in [0.5, 0.6) is 5.75 Å². The fraction of sp³-hybridized carbons (Fsp3) is 0.320. The van der Waals surface area contributed by atoms with Crippen LogP contribution in [0.1, 0.15) is 31.4 Å². The van der Waals surface area contributed by atoms with Gasteiger partial charge in [0.1, 0.15) is 11.6 Å². The Morgan fingerprint density at radius 2 is 1.91 bits per heavy atom. The number of imidazole rings is 1. The number of rotatable bonds is 6. The number of carbonyl (C=O) groups excluding carboxylic acids is 2. The van der Waals surface area contributed by atoms with Crippen LogP contribution in [0.3, 0.4) is 0 Å². The number of fused-ring (bicyclic) bond motifs is 1. The van der Waals surface area contributed by atoms with Crippen molar-refractivity contribution in [2.75, 3.05) is 23.4 Å². The average Bonchev–Trinajstić information content (AvgIpc) is 3.45. The van der Waals surface area contributed by atoms with Crippen LogP contribution < -0.4 is 15.0 Å². The van der Waals surface area contributed by atoms with Gasteiger partial charge in [-0.2, -0.15) is 0 Å². The van der Waals surface area contributed by atoms with Gasteiger partial charge in [0.2, 0.25) is 5.91 Å². The highest BCUT2D eigenvalue weighted by molar-refractivity contribution is 5.95. The number of aromatic nitrogens is 2. The zero-order valence-corrected chi connectivity index (χ0v) is 17.9. The Morgan fingerprint density at radius 3 is 2.72 bits per heavy atom. The molecule has 1 aromatic heterocycles. The van der Waals surface area contributed by atoms with E-state index >= 15 is 0 Å². The molecular formula is C25H26N4O3. The predicted molar refractivity (Wildman–Crippen MR) is 123 cm³/mol. The summed E-state index contributed by atoms with van der Waals surface area (Å²) in [6.07, 6.45) is 6.90. The van der Waals surface area contributed by atoms with Gasteiger partial charge in [0.05, 0.1) is 0 Å². The van der Waals surface area contributed by atoms with E-state index in [1.54, 1.807) is 17.0 Å². The van der Waals surface area contributed by atoms with E-state index < -0.39 is 0 Å². The quantitative estimate of drug-likeness (QED) is 0.641. The standard InChI is InChI=1S/C25H26N4O3/c30-23(17-32-22-7-3-6-20(15-22)28-14-4-8-24(28)31)27-19-11-9-18(10-12-19)25-26-16-21-5-1-2-13-29(21)25/h3,6-7,9-12,15-16H,1-2,4-5,8,13-14,17H2,(H,27,30). The number of ether oxygens (including phenoxy) is 1. The fourth-order valence-corrected chi connectivity index (χ4v) is 4.38. The van der Waals surface area contributed by atoms with Gasteiger partial charge < -0.3 is 19.5 Å². The number of anilines is 2. The summed E-state index contributed by atoms with van der Waals surface area (Å²) in [6.45, 7) is 1.63. The van der Waals surface area contributed by atoms with Crippen molar-refractivity contribution in [1.29, 1.82) is 0 Å². The van der Waals surface area contributed by atoms with Crippen LogP contribution in [0.2, 0.25) is 0 Å². The molecule has 7 heteroatoms. The second kappa shape index (κ2) is 8.86. The lowest BCUT2D eigenvalue weighted by atomic mass is 10.1. The number of nitrogens with one attached hydrogen (secondary N) is 1. The van der Waals surface area contributed by atoms with E-state index in [2.05, 4.69) is 14.9 Å². The molecule has 2 amide bonds. The third kappa shape index (κ3) is 4.23. The first-order valence-corrected chi connectivity index (χ1v) is 11.2. The topological polar surface area (TPSA) is 76.5 Å². The van der Waals surface area contributed by atoms with Crippen LogP contribution in [-0.4, -0.2) is 34.5 Å². The molecule has 2 aromatic carbocycles. The molecule has 2 aliphatic heterocycles. The number of hydrogen-bond acceptors (Lipinski definition) is 4. The average molecular weight is 431 g/mol. The minimum atomic E-state index is -0.237. The molecule has 0 radical (unpaired) electrons. The minimum absolute atomic E-state index is 0.104. The number of hydrogen-bond donors (Lipinski definition) is 1. The van der Waals surface area contributed by atoms with Gasteiger partial charge in [0.25, 0.3) is 5.91 Å². The van der Waals surface area contributed by atoms with Gasteiger partial charge >= 0.3 is 0 Å². The van der Waals surface area contributed by atoms with Crippen molar-refractivity contribution in [2.45, 2.75) is 38.6 Å². The Labute approximate surface area is 187 Å². The van der Waals surface area contributed by atoms with Gasteiger partial charge in [-0.3, -0.25) is 9.59 Å². The van der Waals surface area contributed by atoms with E-state index in [0.29, 0.717) is 17.9 Å². The molecule has 7 nitrogen and oxygen atoms in total. The molecular weight excluding hydrogens is 404 g/mol. The fourth-order valence-electron chi connectivity index (χ4n) is 4.38. The summed E-state index contributed by atoms with van der Waals surface area (Å²) in [5, 5.41) is 2.87. The number of carbonyl (C=O) groups is 2. The van der Waals surface area contributed by atoms with Crippen LogP contribution in [0.4, 0.5) is 11.4 Å². The Hall–Kier alpha value is -3.61. The highest BCUT2D eigenvalue weighted by Crippen LogP contribution is 2.27. The normalized spacial score (nSPS) is 15.5. The maximum atomic E-state index is 12.4. The van der Waals surface area contributed by atoms with Crippen molar-refractivity contribution >= 4 is 23.2 Å². The second-order valence-electron chi connectivity index (χ2n) is 8.24. The minimum Gasteiger partial charge on any atom is -0.484 e. The van der Waals surface area contributed by atoms with E-state index in [1.807, 2.05) is 42.6 Å². The van der Waals surface area contributed by atoms with Crippen LogP contribution in [0, 0.1) is 0 Å². The molecule has 2 aliphatic rings. The van der Waals surface area contributed by atoms with Crippen molar-refractivity contribution in [3.8, 4) is 17.1 Å².